The molecule has 0 saturated heterocycles. The maximum absolute atomic E-state index is 13.4. The Balaban J connectivity index is 1.67. The van der Waals surface area contributed by atoms with Crippen LogP contribution in [0.2, 0.25) is 0 Å². The van der Waals surface area contributed by atoms with Gasteiger partial charge in [-0.05, 0) is 51.1 Å². The van der Waals surface area contributed by atoms with Crippen LogP contribution in [0, 0.1) is 5.82 Å². The summed E-state index contributed by atoms with van der Waals surface area (Å²) in [5, 5.41) is 4.84. The highest BCUT2D eigenvalue weighted by Crippen LogP contribution is 2.33. The number of benzene rings is 1. The molecule has 0 fully saturated rings. The van der Waals surface area contributed by atoms with Crippen LogP contribution >= 0.6 is 11.3 Å². The second-order valence-electron chi connectivity index (χ2n) is 7.58. The third-order valence-corrected chi connectivity index (χ3v) is 4.85. The lowest BCUT2D eigenvalue weighted by Crippen LogP contribution is -2.28. The number of aromatic nitrogens is 4. The summed E-state index contributed by atoms with van der Waals surface area (Å²) in [6, 6.07) is 7.95. The van der Waals surface area contributed by atoms with Gasteiger partial charge in [-0.1, -0.05) is 0 Å². The number of nitrogens with one attached hydrogen (secondary N) is 1. The number of ether oxygens (including phenoxy) is 1. The van der Waals surface area contributed by atoms with E-state index in [2.05, 4.69) is 15.3 Å². The molecule has 7 nitrogen and oxygen atoms in total. The van der Waals surface area contributed by atoms with Gasteiger partial charge < -0.3 is 10.1 Å². The molecule has 30 heavy (non-hydrogen) atoms. The van der Waals surface area contributed by atoms with E-state index in [-0.39, 0.29) is 12.4 Å². The lowest BCUT2D eigenvalue weighted by molar-refractivity contribution is -0.152. The van der Waals surface area contributed by atoms with Gasteiger partial charge in [0.15, 0.2) is 4.96 Å². The summed E-state index contributed by atoms with van der Waals surface area (Å²) >= 11 is 1.50. The summed E-state index contributed by atoms with van der Waals surface area (Å²) < 4.78 is 20.6. The van der Waals surface area contributed by atoms with Gasteiger partial charge in [-0.3, -0.25) is 9.20 Å². The molecule has 3 heterocycles. The van der Waals surface area contributed by atoms with E-state index < -0.39 is 11.6 Å². The molecule has 1 aromatic carbocycles. The van der Waals surface area contributed by atoms with E-state index in [0.29, 0.717) is 17.3 Å². The van der Waals surface area contributed by atoms with Crippen molar-refractivity contribution in [1.82, 2.24) is 19.4 Å². The third-order valence-electron chi connectivity index (χ3n) is 4.09. The van der Waals surface area contributed by atoms with Crippen LogP contribution in [-0.4, -0.2) is 37.5 Å². The molecule has 0 radical (unpaired) electrons. The second kappa shape index (κ2) is 7.83. The Bertz CT molecular complexity index is 1190. The van der Waals surface area contributed by atoms with Crippen molar-refractivity contribution in [3.63, 3.8) is 0 Å². The minimum atomic E-state index is -0.562. The smallest absolute Gasteiger partial charge is 0.325 e. The molecule has 0 bridgehead atoms. The maximum atomic E-state index is 13.4. The minimum Gasteiger partial charge on any atom is -0.459 e. The summed E-state index contributed by atoms with van der Waals surface area (Å²) in [5.74, 6) is -0.404. The van der Waals surface area contributed by atoms with Crippen molar-refractivity contribution in [3.05, 3.63) is 53.9 Å². The molecule has 154 valence electrons. The SMILES string of the molecule is CC(C)(C)OC(=O)CNc1nccc(-c2c(-c3ccc(F)cc3)nc3sccn23)n1. The van der Waals surface area contributed by atoms with Gasteiger partial charge in [0.05, 0.1) is 11.4 Å². The van der Waals surface area contributed by atoms with E-state index in [0.717, 1.165) is 16.2 Å². The fraction of sp³-hybridized carbons (Fsp3) is 0.238. The zero-order valence-corrected chi connectivity index (χ0v) is 17.5. The number of fused-ring (bicyclic) bond motifs is 1. The summed E-state index contributed by atoms with van der Waals surface area (Å²) in [6.07, 6.45) is 3.52. The van der Waals surface area contributed by atoms with Crippen molar-refractivity contribution in [3.8, 4) is 22.6 Å². The topological polar surface area (TPSA) is 81.4 Å². The molecule has 4 rings (SSSR count). The molecule has 0 unspecified atom stereocenters. The molecular weight excluding hydrogens is 405 g/mol. The highest BCUT2D eigenvalue weighted by Gasteiger charge is 2.19. The molecule has 0 saturated carbocycles. The normalized spacial score (nSPS) is 11.6. The molecule has 0 spiro atoms. The highest BCUT2D eigenvalue weighted by molar-refractivity contribution is 7.15. The van der Waals surface area contributed by atoms with Crippen LogP contribution in [-0.2, 0) is 9.53 Å². The van der Waals surface area contributed by atoms with Gasteiger partial charge >= 0.3 is 5.97 Å². The zero-order valence-electron chi connectivity index (χ0n) is 16.7. The van der Waals surface area contributed by atoms with Crippen molar-refractivity contribution >= 4 is 28.2 Å². The zero-order chi connectivity index (χ0) is 21.3. The van der Waals surface area contributed by atoms with Crippen LogP contribution in [0.4, 0.5) is 10.3 Å². The first-order valence-corrected chi connectivity index (χ1v) is 10.2. The number of nitrogens with zero attached hydrogens (tertiary/aromatic N) is 4. The lowest BCUT2D eigenvalue weighted by Gasteiger charge is -2.19. The standard InChI is InChI=1S/C21H20FN5O2S/c1-21(2,3)29-16(28)12-24-19-23-9-8-15(25-19)18-17(13-4-6-14(22)7-5-13)26-20-27(18)10-11-30-20/h4-11H,12H2,1-3H3,(H,23,24,25). The Morgan fingerprint density at radius 1 is 1.20 bits per heavy atom. The molecule has 1 N–H and O–H groups in total. The first kappa shape index (κ1) is 20.0. The van der Waals surface area contributed by atoms with Crippen molar-refractivity contribution in [2.24, 2.45) is 0 Å². The maximum Gasteiger partial charge on any atom is 0.325 e. The van der Waals surface area contributed by atoms with Crippen LogP contribution in [0.15, 0.2) is 48.1 Å². The number of anilines is 1. The van der Waals surface area contributed by atoms with E-state index in [9.17, 15) is 9.18 Å². The van der Waals surface area contributed by atoms with Crippen molar-refractivity contribution < 1.29 is 13.9 Å². The van der Waals surface area contributed by atoms with Crippen LogP contribution in [0.25, 0.3) is 27.6 Å². The number of carbonyl (C=O) groups excluding carboxylic acids is 1. The fourth-order valence-electron chi connectivity index (χ4n) is 2.94. The number of imidazole rings is 1. The monoisotopic (exact) mass is 425 g/mol. The van der Waals surface area contributed by atoms with Crippen LogP contribution in [0.3, 0.4) is 0 Å². The summed E-state index contributed by atoms with van der Waals surface area (Å²) in [5.41, 5.74) is 2.30. The predicted molar refractivity (Wildman–Crippen MR) is 114 cm³/mol. The number of hydrogen-bond donors (Lipinski definition) is 1. The van der Waals surface area contributed by atoms with E-state index in [1.54, 1.807) is 24.4 Å². The van der Waals surface area contributed by atoms with Gasteiger partial charge in [0, 0.05) is 23.3 Å². The average Bonchev–Trinajstić information content (AvgIpc) is 3.27. The fourth-order valence-corrected chi connectivity index (χ4v) is 3.66. The van der Waals surface area contributed by atoms with E-state index >= 15 is 0 Å². The first-order chi connectivity index (χ1) is 14.3. The number of hydrogen-bond acceptors (Lipinski definition) is 7. The molecule has 0 aliphatic rings. The summed E-state index contributed by atoms with van der Waals surface area (Å²) in [6.45, 7) is 5.38. The molecule has 0 aliphatic heterocycles. The third kappa shape index (κ3) is 4.30. The van der Waals surface area contributed by atoms with E-state index in [1.807, 2.05) is 36.7 Å². The number of carbonyl (C=O) groups is 1. The largest absolute Gasteiger partial charge is 0.459 e. The van der Waals surface area contributed by atoms with Gasteiger partial charge in [-0.15, -0.1) is 11.3 Å². The number of rotatable bonds is 5. The van der Waals surface area contributed by atoms with Gasteiger partial charge in [-0.2, -0.15) is 0 Å². The number of esters is 1. The lowest BCUT2D eigenvalue weighted by atomic mass is 10.1. The Labute approximate surface area is 176 Å². The highest BCUT2D eigenvalue weighted by atomic mass is 32.1. The Morgan fingerprint density at radius 3 is 2.70 bits per heavy atom. The number of halogens is 1. The van der Waals surface area contributed by atoms with Gasteiger partial charge in [-0.25, -0.2) is 19.3 Å². The van der Waals surface area contributed by atoms with Crippen LogP contribution in [0.1, 0.15) is 20.8 Å². The molecule has 0 amide bonds. The molecule has 0 atom stereocenters. The Kier molecular flexibility index (Phi) is 5.21. The van der Waals surface area contributed by atoms with Crippen LogP contribution in [0.5, 0.6) is 0 Å². The molecule has 4 aromatic rings. The van der Waals surface area contributed by atoms with Gasteiger partial charge in [0.2, 0.25) is 5.95 Å². The molecular formula is C21H20FN5O2S. The van der Waals surface area contributed by atoms with Crippen molar-refractivity contribution in [2.45, 2.75) is 26.4 Å². The quantitative estimate of drug-likeness (QED) is 0.477. The van der Waals surface area contributed by atoms with Crippen LogP contribution < -0.4 is 5.32 Å². The number of thiazole rings is 1. The molecule has 9 heteroatoms. The van der Waals surface area contributed by atoms with Crippen molar-refractivity contribution in [2.75, 3.05) is 11.9 Å². The minimum absolute atomic E-state index is 0.0498. The summed E-state index contributed by atoms with van der Waals surface area (Å²) in [4.78, 5) is 26.2. The first-order valence-electron chi connectivity index (χ1n) is 9.31. The molecule has 0 aliphatic carbocycles. The van der Waals surface area contributed by atoms with Gasteiger partial charge in [0.25, 0.3) is 0 Å². The predicted octanol–water partition coefficient (Wildman–Crippen LogP) is 4.41. The summed E-state index contributed by atoms with van der Waals surface area (Å²) in [7, 11) is 0. The van der Waals surface area contributed by atoms with Crippen molar-refractivity contribution in [1.29, 1.82) is 0 Å². The Morgan fingerprint density at radius 2 is 1.97 bits per heavy atom. The Hall–Kier alpha value is -3.33. The van der Waals surface area contributed by atoms with Gasteiger partial charge in [0.1, 0.15) is 23.7 Å². The average molecular weight is 425 g/mol. The molecule has 3 aromatic heterocycles. The van der Waals surface area contributed by atoms with E-state index in [1.165, 1.54) is 23.5 Å². The van der Waals surface area contributed by atoms with E-state index in [4.69, 9.17) is 9.72 Å². The second-order valence-corrected chi connectivity index (χ2v) is 8.45.